The molecule has 5 heterocycles. The predicted molar refractivity (Wildman–Crippen MR) is 153 cm³/mol. The smallest absolute Gasteiger partial charge is 0.451 e. The first kappa shape index (κ1) is 28.7. The van der Waals surface area contributed by atoms with Crippen LogP contribution in [0.4, 0.5) is 13.2 Å². The van der Waals surface area contributed by atoms with Crippen molar-refractivity contribution in [2.45, 2.75) is 75.4 Å². The largest absolute Gasteiger partial charge is 0.474 e. The normalized spacial score (nSPS) is 22.0. The van der Waals surface area contributed by atoms with Gasteiger partial charge in [0.05, 0.1) is 30.1 Å². The van der Waals surface area contributed by atoms with Gasteiger partial charge in [0, 0.05) is 55.1 Å². The van der Waals surface area contributed by atoms with Gasteiger partial charge in [-0.1, -0.05) is 0 Å². The lowest BCUT2D eigenvalue weighted by atomic mass is 9.82. The lowest BCUT2D eigenvalue weighted by molar-refractivity contribution is -0.145. The molecule has 2 aliphatic carbocycles. The van der Waals surface area contributed by atoms with Crippen LogP contribution in [0, 0.1) is 17.2 Å². The van der Waals surface area contributed by atoms with Crippen LogP contribution in [0.25, 0.3) is 22.3 Å². The quantitative estimate of drug-likeness (QED) is 0.269. The van der Waals surface area contributed by atoms with Crippen LogP contribution in [0.1, 0.15) is 56.5 Å². The first-order valence-corrected chi connectivity index (χ1v) is 15.1. The third kappa shape index (κ3) is 5.86. The van der Waals surface area contributed by atoms with Gasteiger partial charge in [-0.15, -0.1) is 0 Å². The van der Waals surface area contributed by atoms with E-state index >= 15 is 0 Å². The summed E-state index contributed by atoms with van der Waals surface area (Å²) in [7, 11) is 0. The van der Waals surface area contributed by atoms with Crippen molar-refractivity contribution in [1.82, 2.24) is 44.9 Å². The molecule has 230 valence electrons. The molecule has 0 radical (unpaired) electrons. The Morgan fingerprint density at radius 3 is 2.68 bits per heavy atom. The average Bonchev–Trinajstić information content (AvgIpc) is 3.45. The maximum absolute atomic E-state index is 13.5. The molecule has 14 heteroatoms. The predicted octanol–water partition coefficient (Wildman–Crippen LogP) is 4.44. The number of likely N-dealkylation sites (tertiary alicyclic amines) is 1. The third-order valence-corrected chi connectivity index (χ3v) is 8.99. The van der Waals surface area contributed by atoms with Crippen LogP contribution >= 0.6 is 0 Å². The zero-order valence-corrected chi connectivity index (χ0v) is 24.1. The molecule has 7 rings (SSSR count). The monoisotopic (exact) mass is 606 g/mol. The van der Waals surface area contributed by atoms with E-state index in [0.29, 0.717) is 44.3 Å². The topological polar surface area (TPSA) is 133 Å². The molecule has 4 aromatic rings. The molecule has 0 atom stereocenters. The second kappa shape index (κ2) is 11.4. The van der Waals surface area contributed by atoms with Gasteiger partial charge in [0.25, 0.3) is 0 Å². The van der Waals surface area contributed by atoms with E-state index in [2.05, 4.69) is 46.3 Å². The Hall–Kier alpha value is -4.09. The van der Waals surface area contributed by atoms with E-state index in [9.17, 15) is 18.4 Å². The second-order valence-corrected chi connectivity index (χ2v) is 12.2. The third-order valence-electron chi connectivity index (χ3n) is 8.99. The number of fused-ring (bicyclic) bond motifs is 1. The van der Waals surface area contributed by atoms with Crippen molar-refractivity contribution in [3.63, 3.8) is 0 Å². The van der Waals surface area contributed by atoms with Crippen LogP contribution < -0.4 is 10.1 Å². The Kier molecular flexibility index (Phi) is 7.45. The number of hydrogen-bond acceptors (Lipinski definition) is 9. The lowest BCUT2D eigenvalue weighted by Crippen LogP contribution is -2.65. The number of nitriles is 1. The van der Waals surface area contributed by atoms with E-state index in [-0.39, 0.29) is 24.2 Å². The molecular weight excluding hydrogens is 573 g/mol. The summed E-state index contributed by atoms with van der Waals surface area (Å²) in [5, 5.41) is 18.4. The lowest BCUT2D eigenvalue weighted by Gasteiger charge is -2.53. The SMILES string of the molecule is N#CCC1(n2cc(-c3ncnc4[nH]ccc34)cn2)CN(C2CCC(Oc3cc(CNCC4CC4)nc(C(F)(F)F)n3)CC2)C1. The Labute approximate surface area is 251 Å². The number of aromatic nitrogens is 7. The van der Waals surface area contributed by atoms with E-state index in [1.54, 1.807) is 6.20 Å². The van der Waals surface area contributed by atoms with Crippen molar-refractivity contribution >= 4 is 11.0 Å². The molecule has 0 unspecified atom stereocenters. The number of ether oxygens (including phenoxy) is 1. The van der Waals surface area contributed by atoms with E-state index in [1.165, 1.54) is 12.4 Å². The highest BCUT2D eigenvalue weighted by atomic mass is 19.4. The van der Waals surface area contributed by atoms with Crippen LogP contribution in [0.3, 0.4) is 0 Å². The van der Waals surface area contributed by atoms with E-state index < -0.39 is 17.5 Å². The highest BCUT2D eigenvalue weighted by Gasteiger charge is 2.48. The number of nitrogens with zero attached hydrogens (tertiary/aromatic N) is 8. The van der Waals surface area contributed by atoms with E-state index in [1.807, 2.05) is 23.1 Å². The van der Waals surface area contributed by atoms with Crippen molar-refractivity contribution in [2.75, 3.05) is 19.6 Å². The van der Waals surface area contributed by atoms with Crippen LogP contribution in [0.5, 0.6) is 5.88 Å². The highest BCUT2D eigenvalue weighted by molar-refractivity contribution is 5.90. The summed E-state index contributed by atoms with van der Waals surface area (Å²) in [4.78, 5) is 21.6. The molecule has 1 aliphatic heterocycles. The number of halogens is 3. The Bertz CT molecular complexity index is 1660. The standard InChI is InChI=1S/C30H33F3N10O/c31-30(32,33)28-40-21(14-35-12-19-1-2-19)11-25(41-28)44-23-5-3-22(4-6-23)42-16-29(17-42,8-9-34)43-15-20(13-39-43)26-24-7-10-36-27(24)38-18-37-26/h7,10-11,13,15,18-19,22-23,35H,1-6,8,12,14,16-17H2,(H,36,37,38). The molecule has 11 nitrogen and oxygen atoms in total. The number of H-pyrrole nitrogens is 1. The molecule has 0 aromatic carbocycles. The van der Waals surface area contributed by atoms with Crippen LogP contribution in [-0.2, 0) is 18.3 Å². The summed E-state index contributed by atoms with van der Waals surface area (Å²) in [6, 6.07) is 6.11. The summed E-state index contributed by atoms with van der Waals surface area (Å²) in [6.45, 7) is 2.41. The van der Waals surface area contributed by atoms with Gasteiger partial charge >= 0.3 is 6.18 Å². The van der Waals surface area contributed by atoms with Gasteiger partial charge in [0.1, 0.15) is 23.6 Å². The molecule has 4 aromatic heterocycles. The number of hydrogen-bond donors (Lipinski definition) is 2. The molecule has 44 heavy (non-hydrogen) atoms. The molecule has 1 saturated heterocycles. The zero-order chi connectivity index (χ0) is 30.3. The van der Waals surface area contributed by atoms with Gasteiger partial charge in [0.15, 0.2) is 0 Å². The number of rotatable bonds is 10. The highest BCUT2D eigenvalue weighted by Crippen LogP contribution is 2.39. The van der Waals surface area contributed by atoms with Crippen molar-refractivity contribution < 1.29 is 17.9 Å². The van der Waals surface area contributed by atoms with E-state index in [0.717, 1.165) is 54.5 Å². The summed E-state index contributed by atoms with van der Waals surface area (Å²) in [6.07, 6.45) is 7.98. The van der Waals surface area contributed by atoms with Gasteiger partial charge in [-0.05, 0) is 57.1 Å². The molecule has 0 spiro atoms. The summed E-state index contributed by atoms with van der Waals surface area (Å²) in [5.41, 5.74) is 2.27. The second-order valence-electron chi connectivity index (χ2n) is 12.2. The van der Waals surface area contributed by atoms with Crippen LogP contribution in [0.15, 0.2) is 37.1 Å². The van der Waals surface area contributed by atoms with Gasteiger partial charge < -0.3 is 15.0 Å². The minimum Gasteiger partial charge on any atom is -0.474 e. The molecule has 0 amide bonds. The fourth-order valence-electron chi connectivity index (χ4n) is 6.44. The van der Waals surface area contributed by atoms with Crippen molar-refractivity contribution in [1.29, 1.82) is 5.26 Å². The minimum absolute atomic E-state index is 0.0222. The number of nitrogens with one attached hydrogen (secondary N) is 2. The number of alkyl halides is 3. The van der Waals surface area contributed by atoms with Gasteiger partial charge in [-0.3, -0.25) is 9.58 Å². The maximum atomic E-state index is 13.5. The van der Waals surface area contributed by atoms with Crippen molar-refractivity contribution in [3.05, 3.63) is 48.6 Å². The summed E-state index contributed by atoms with van der Waals surface area (Å²) in [5.74, 6) is -0.579. The Morgan fingerprint density at radius 1 is 1.11 bits per heavy atom. The fourth-order valence-corrected chi connectivity index (χ4v) is 6.44. The zero-order valence-electron chi connectivity index (χ0n) is 24.1. The molecule has 2 saturated carbocycles. The van der Waals surface area contributed by atoms with Crippen LogP contribution in [-0.4, -0.2) is 71.4 Å². The summed E-state index contributed by atoms with van der Waals surface area (Å²) < 4.78 is 48.4. The van der Waals surface area contributed by atoms with Gasteiger partial charge in [-0.2, -0.15) is 28.5 Å². The first-order valence-electron chi connectivity index (χ1n) is 15.1. The van der Waals surface area contributed by atoms with Crippen molar-refractivity contribution in [2.24, 2.45) is 5.92 Å². The first-order chi connectivity index (χ1) is 21.3. The average molecular weight is 607 g/mol. The molecule has 3 fully saturated rings. The van der Waals surface area contributed by atoms with E-state index in [4.69, 9.17) is 4.74 Å². The Balaban J connectivity index is 0.971. The number of aromatic amines is 1. The van der Waals surface area contributed by atoms with Gasteiger partial charge in [0.2, 0.25) is 11.7 Å². The molecule has 2 N–H and O–H groups in total. The molecule has 3 aliphatic rings. The summed E-state index contributed by atoms with van der Waals surface area (Å²) >= 11 is 0. The minimum atomic E-state index is -4.64. The maximum Gasteiger partial charge on any atom is 0.451 e. The van der Waals surface area contributed by atoms with Gasteiger partial charge in [-0.25, -0.2) is 15.0 Å². The Morgan fingerprint density at radius 2 is 1.93 bits per heavy atom. The fraction of sp³-hybridized carbons (Fsp3) is 0.533. The molecular formula is C30H33F3N10O. The van der Waals surface area contributed by atoms with Crippen LogP contribution in [0.2, 0.25) is 0 Å². The van der Waals surface area contributed by atoms with Crippen molar-refractivity contribution in [3.8, 4) is 23.2 Å². The molecule has 0 bridgehead atoms.